The maximum absolute atomic E-state index is 12.3. The summed E-state index contributed by atoms with van der Waals surface area (Å²) in [6.07, 6.45) is 3.85. The normalized spacial score (nSPS) is 13.6. The smallest absolute Gasteiger partial charge is 0.177 e. The van der Waals surface area contributed by atoms with Crippen molar-refractivity contribution in [3.63, 3.8) is 0 Å². The highest BCUT2D eigenvalue weighted by molar-refractivity contribution is 7.14. The van der Waals surface area contributed by atoms with Crippen molar-refractivity contribution in [3.05, 3.63) is 55.2 Å². The van der Waals surface area contributed by atoms with Crippen LogP contribution in [-0.4, -0.2) is 5.78 Å². The van der Waals surface area contributed by atoms with Gasteiger partial charge in [0.15, 0.2) is 5.78 Å². The second-order valence-corrected chi connectivity index (χ2v) is 6.71. The predicted octanol–water partition coefficient (Wildman–Crippen LogP) is 4.97. The van der Waals surface area contributed by atoms with Crippen molar-refractivity contribution in [1.82, 2.24) is 0 Å². The van der Waals surface area contributed by atoms with E-state index in [0.29, 0.717) is 16.5 Å². The first-order chi connectivity index (χ1) is 9.13. The van der Waals surface area contributed by atoms with Crippen LogP contribution < -0.4 is 0 Å². The zero-order valence-electron chi connectivity index (χ0n) is 10.2. The molecule has 98 valence electrons. The van der Waals surface area contributed by atoms with Crippen LogP contribution >= 0.6 is 34.5 Å². The second kappa shape index (κ2) is 5.28. The Morgan fingerprint density at radius 2 is 2.00 bits per heavy atom. The van der Waals surface area contributed by atoms with E-state index < -0.39 is 0 Å². The number of halogens is 2. The minimum Gasteiger partial charge on any atom is -0.293 e. The fourth-order valence-corrected chi connectivity index (χ4v) is 3.90. The largest absolute Gasteiger partial charge is 0.293 e. The quantitative estimate of drug-likeness (QED) is 0.732. The Balaban J connectivity index is 1.78. The SMILES string of the molecule is O=C(Cc1ccc(Cl)c(Cl)c1)c1cc2c(s1)CCC2. The number of carbonyl (C=O) groups excluding carboxylic acids is 1. The van der Waals surface area contributed by atoms with E-state index in [4.69, 9.17) is 23.2 Å². The van der Waals surface area contributed by atoms with Gasteiger partial charge in [-0.1, -0.05) is 29.3 Å². The molecule has 3 rings (SSSR count). The maximum atomic E-state index is 12.3. The fraction of sp³-hybridized carbons (Fsp3) is 0.267. The molecule has 0 spiro atoms. The van der Waals surface area contributed by atoms with Crippen LogP contribution in [0.2, 0.25) is 10.0 Å². The van der Waals surface area contributed by atoms with Crippen LogP contribution in [0.1, 0.15) is 32.1 Å². The third-order valence-corrected chi connectivity index (χ3v) is 5.39. The molecule has 0 radical (unpaired) electrons. The van der Waals surface area contributed by atoms with Gasteiger partial charge < -0.3 is 0 Å². The molecule has 2 aromatic rings. The van der Waals surface area contributed by atoms with E-state index >= 15 is 0 Å². The molecule has 0 bridgehead atoms. The van der Waals surface area contributed by atoms with Gasteiger partial charge in [0.2, 0.25) is 0 Å². The predicted molar refractivity (Wildman–Crippen MR) is 80.8 cm³/mol. The number of carbonyl (C=O) groups is 1. The van der Waals surface area contributed by atoms with E-state index in [1.807, 2.05) is 6.07 Å². The molecule has 0 amide bonds. The maximum Gasteiger partial charge on any atom is 0.177 e. The van der Waals surface area contributed by atoms with Crippen molar-refractivity contribution in [2.45, 2.75) is 25.7 Å². The first-order valence-electron chi connectivity index (χ1n) is 6.22. The van der Waals surface area contributed by atoms with Crippen molar-refractivity contribution >= 4 is 40.3 Å². The number of rotatable bonds is 3. The van der Waals surface area contributed by atoms with Gasteiger partial charge in [0.25, 0.3) is 0 Å². The van der Waals surface area contributed by atoms with Gasteiger partial charge in [-0.15, -0.1) is 11.3 Å². The second-order valence-electron chi connectivity index (χ2n) is 4.76. The third-order valence-electron chi connectivity index (χ3n) is 3.37. The van der Waals surface area contributed by atoms with Crippen LogP contribution in [0.4, 0.5) is 0 Å². The van der Waals surface area contributed by atoms with E-state index in [9.17, 15) is 4.79 Å². The van der Waals surface area contributed by atoms with E-state index in [0.717, 1.165) is 23.3 Å². The van der Waals surface area contributed by atoms with Gasteiger partial charge in [-0.2, -0.15) is 0 Å². The zero-order chi connectivity index (χ0) is 13.4. The summed E-state index contributed by atoms with van der Waals surface area (Å²) in [4.78, 5) is 14.5. The topological polar surface area (TPSA) is 17.1 Å². The van der Waals surface area contributed by atoms with Crippen LogP contribution in [-0.2, 0) is 19.3 Å². The number of hydrogen-bond donors (Lipinski definition) is 0. The van der Waals surface area contributed by atoms with Crippen LogP contribution in [0.25, 0.3) is 0 Å². The van der Waals surface area contributed by atoms with Crippen LogP contribution in [0.3, 0.4) is 0 Å². The van der Waals surface area contributed by atoms with E-state index in [2.05, 4.69) is 6.07 Å². The monoisotopic (exact) mass is 310 g/mol. The lowest BCUT2D eigenvalue weighted by molar-refractivity contribution is 0.0997. The highest BCUT2D eigenvalue weighted by Crippen LogP contribution is 2.31. The number of fused-ring (bicyclic) bond motifs is 1. The van der Waals surface area contributed by atoms with Crippen molar-refractivity contribution in [2.24, 2.45) is 0 Å². The molecule has 0 unspecified atom stereocenters. The number of thiophene rings is 1. The number of benzene rings is 1. The lowest BCUT2D eigenvalue weighted by atomic mass is 10.1. The highest BCUT2D eigenvalue weighted by Gasteiger charge is 2.18. The minimum absolute atomic E-state index is 0.165. The Kier molecular flexibility index (Phi) is 3.66. The number of ketones is 1. The summed E-state index contributed by atoms with van der Waals surface area (Å²) in [5, 5.41) is 1.02. The molecular formula is C15H12Cl2OS. The summed E-state index contributed by atoms with van der Waals surface area (Å²) < 4.78 is 0. The molecule has 19 heavy (non-hydrogen) atoms. The van der Waals surface area contributed by atoms with E-state index in [-0.39, 0.29) is 5.78 Å². The molecule has 0 saturated carbocycles. The molecule has 0 aliphatic heterocycles. The number of hydrogen-bond acceptors (Lipinski definition) is 2. The lowest BCUT2D eigenvalue weighted by Gasteiger charge is -2.02. The average Bonchev–Trinajstić information content (AvgIpc) is 2.94. The Bertz CT molecular complexity index is 624. The Morgan fingerprint density at radius 1 is 1.16 bits per heavy atom. The number of Topliss-reactive ketones (excluding diaryl/α,β-unsaturated/α-hetero) is 1. The minimum atomic E-state index is 0.165. The summed E-state index contributed by atoms with van der Waals surface area (Å²) in [5.41, 5.74) is 2.27. The molecular weight excluding hydrogens is 299 g/mol. The number of aryl methyl sites for hydroxylation is 2. The van der Waals surface area contributed by atoms with Gasteiger partial charge in [-0.25, -0.2) is 0 Å². The summed E-state index contributed by atoms with van der Waals surface area (Å²) in [7, 11) is 0. The molecule has 1 nitrogen and oxygen atoms in total. The van der Waals surface area contributed by atoms with E-state index in [1.165, 1.54) is 16.9 Å². The van der Waals surface area contributed by atoms with E-state index in [1.54, 1.807) is 23.5 Å². The zero-order valence-corrected chi connectivity index (χ0v) is 12.5. The molecule has 1 aliphatic carbocycles. The van der Waals surface area contributed by atoms with Gasteiger partial charge in [-0.05, 0) is 48.6 Å². The van der Waals surface area contributed by atoms with Gasteiger partial charge >= 0.3 is 0 Å². The van der Waals surface area contributed by atoms with Crippen molar-refractivity contribution in [2.75, 3.05) is 0 Å². The first kappa shape index (κ1) is 13.2. The fourth-order valence-electron chi connectivity index (χ4n) is 2.39. The molecule has 1 aromatic carbocycles. The van der Waals surface area contributed by atoms with Gasteiger partial charge in [0.05, 0.1) is 14.9 Å². The van der Waals surface area contributed by atoms with Crippen LogP contribution in [0.15, 0.2) is 24.3 Å². The lowest BCUT2D eigenvalue weighted by Crippen LogP contribution is -2.01. The van der Waals surface area contributed by atoms with Crippen LogP contribution in [0, 0.1) is 0 Å². The Morgan fingerprint density at radius 3 is 2.74 bits per heavy atom. The van der Waals surface area contributed by atoms with Crippen LogP contribution in [0.5, 0.6) is 0 Å². The molecule has 0 saturated heterocycles. The van der Waals surface area contributed by atoms with Crippen molar-refractivity contribution in [1.29, 1.82) is 0 Å². The summed E-state index contributed by atoms with van der Waals surface area (Å²) in [5.74, 6) is 0.165. The molecule has 4 heteroatoms. The third kappa shape index (κ3) is 2.71. The Labute approximate surface area is 126 Å². The Hall–Kier alpha value is -0.830. The summed E-state index contributed by atoms with van der Waals surface area (Å²) in [6, 6.07) is 7.42. The molecule has 0 N–H and O–H groups in total. The molecule has 1 aliphatic rings. The summed E-state index contributed by atoms with van der Waals surface area (Å²) >= 11 is 13.5. The van der Waals surface area contributed by atoms with Crippen molar-refractivity contribution in [3.8, 4) is 0 Å². The molecule has 1 heterocycles. The van der Waals surface area contributed by atoms with Crippen molar-refractivity contribution < 1.29 is 4.79 Å². The average molecular weight is 311 g/mol. The highest BCUT2D eigenvalue weighted by atomic mass is 35.5. The van der Waals surface area contributed by atoms with Gasteiger partial charge in [-0.3, -0.25) is 4.79 Å². The standard InChI is InChI=1S/C15H12Cl2OS/c16-11-5-4-9(6-12(11)17)7-13(18)15-8-10-2-1-3-14(10)19-15/h4-6,8H,1-3,7H2. The molecule has 1 aromatic heterocycles. The first-order valence-corrected chi connectivity index (χ1v) is 7.79. The molecule has 0 atom stereocenters. The van der Waals surface area contributed by atoms with Gasteiger partial charge in [0.1, 0.15) is 0 Å². The molecule has 0 fully saturated rings. The summed E-state index contributed by atoms with van der Waals surface area (Å²) in [6.45, 7) is 0. The van der Waals surface area contributed by atoms with Gasteiger partial charge in [0, 0.05) is 11.3 Å².